The highest BCUT2D eigenvalue weighted by atomic mass is 35.5. The number of nitrogens with one attached hydrogen (secondary N) is 1. The summed E-state index contributed by atoms with van der Waals surface area (Å²) in [5, 5.41) is 8.21. The van der Waals surface area contributed by atoms with Gasteiger partial charge in [0, 0.05) is 10.7 Å². The standard InChI is InChI=1S/C14H13ClN2O3S/c15-11-4-1-3-10(7-11)8-14(18)17-12-5-2-6-13(9-12)21(16,19)20/h1-7,9H,8H2,(H,17,18)(H2,16,19,20). The monoisotopic (exact) mass is 324 g/mol. The van der Waals surface area contributed by atoms with E-state index in [9.17, 15) is 13.2 Å². The van der Waals surface area contributed by atoms with Crippen LogP contribution in [0.5, 0.6) is 0 Å². The molecule has 0 aliphatic carbocycles. The molecule has 0 fully saturated rings. The molecule has 0 unspecified atom stereocenters. The van der Waals surface area contributed by atoms with Crippen LogP contribution in [0.25, 0.3) is 0 Å². The third kappa shape index (κ3) is 4.56. The smallest absolute Gasteiger partial charge is 0.238 e. The van der Waals surface area contributed by atoms with E-state index >= 15 is 0 Å². The van der Waals surface area contributed by atoms with Crippen molar-refractivity contribution < 1.29 is 13.2 Å². The van der Waals surface area contributed by atoms with E-state index in [2.05, 4.69) is 5.32 Å². The number of halogens is 1. The maximum atomic E-state index is 11.9. The minimum absolute atomic E-state index is 0.0527. The highest BCUT2D eigenvalue weighted by Gasteiger charge is 2.10. The zero-order chi connectivity index (χ0) is 15.5. The maximum absolute atomic E-state index is 11.9. The van der Waals surface area contributed by atoms with Gasteiger partial charge in [0.15, 0.2) is 0 Å². The summed E-state index contributed by atoms with van der Waals surface area (Å²) in [4.78, 5) is 11.9. The van der Waals surface area contributed by atoms with Crippen LogP contribution < -0.4 is 10.5 Å². The first-order chi connectivity index (χ1) is 9.84. The average molecular weight is 325 g/mol. The summed E-state index contributed by atoms with van der Waals surface area (Å²) in [7, 11) is -3.79. The van der Waals surface area contributed by atoms with E-state index < -0.39 is 10.0 Å². The molecule has 0 spiro atoms. The van der Waals surface area contributed by atoms with Gasteiger partial charge in [-0.3, -0.25) is 4.79 Å². The van der Waals surface area contributed by atoms with Crippen molar-refractivity contribution in [2.75, 3.05) is 5.32 Å². The van der Waals surface area contributed by atoms with Crippen molar-refractivity contribution in [3.63, 3.8) is 0 Å². The number of rotatable bonds is 4. The lowest BCUT2D eigenvalue weighted by atomic mass is 10.1. The molecule has 0 bridgehead atoms. The third-order valence-corrected chi connectivity index (χ3v) is 3.85. The average Bonchev–Trinajstić information content (AvgIpc) is 2.37. The number of sulfonamides is 1. The van der Waals surface area contributed by atoms with Crippen molar-refractivity contribution in [1.29, 1.82) is 0 Å². The van der Waals surface area contributed by atoms with E-state index in [0.717, 1.165) is 5.56 Å². The highest BCUT2D eigenvalue weighted by molar-refractivity contribution is 7.89. The van der Waals surface area contributed by atoms with Crippen LogP contribution in [0.4, 0.5) is 5.69 Å². The number of primary sulfonamides is 1. The molecule has 0 aliphatic heterocycles. The lowest BCUT2D eigenvalue weighted by Crippen LogP contribution is -2.16. The van der Waals surface area contributed by atoms with Crippen molar-refractivity contribution in [2.45, 2.75) is 11.3 Å². The molecule has 1 amide bonds. The Hall–Kier alpha value is -1.89. The lowest BCUT2D eigenvalue weighted by Gasteiger charge is -2.07. The fraction of sp³-hybridized carbons (Fsp3) is 0.0714. The number of anilines is 1. The van der Waals surface area contributed by atoms with E-state index in [1.165, 1.54) is 18.2 Å². The number of benzene rings is 2. The van der Waals surface area contributed by atoms with Crippen molar-refractivity contribution in [1.82, 2.24) is 0 Å². The molecule has 0 aromatic heterocycles. The number of carbonyl (C=O) groups excluding carboxylic acids is 1. The molecule has 0 radical (unpaired) electrons. The Morgan fingerprint density at radius 1 is 1.14 bits per heavy atom. The Kier molecular flexibility index (Phi) is 4.62. The van der Waals surface area contributed by atoms with Gasteiger partial charge in [-0.1, -0.05) is 29.8 Å². The molecular weight excluding hydrogens is 312 g/mol. The van der Waals surface area contributed by atoms with E-state index in [-0.39, 0.29) is 17.2 Å². The topological polar surface area (TPSA) is 89.3 Å². The van der Waals surface area contributed by atoms with Crippen LogP contribution >= 0.6 is 11.6 Å². The van der Waals surface area contributed by atoms with E-state index in [4.69, 9.17) is 16.7 Å². The summed E-state index contributed by atoms with van der Waals surface area (Å²) in [5.41, 5.74) is 1.14. The fourth-order valence-corrected chi connectivity index (χ4v) is 2.56. The summed E-state index contributed by atoms with van der Waals surface area (Å²) in [6, 6.07) is 12.7. The van der Waals surface area contributed by atoms with Gasteiger partial charge < -0.3 is 5.32 Å². The normalized spacial score (nSPS) is 11.1. The van der Waals surface area contributed by atoms with Gasteiger partial charge in [-0.2, -0.15) is 0 Å². The largest absolute Gasteiger partial charge is 0.326 e. The van der Waals surface area contributed by atoms with Crippen LogP contribution in [0.1, 0.15) is 5.56 Å². The van der Waals surface area contributed by atoms with Crippen LogP contribution in [0, 0.1) is 0 Å². The number of amides is 1. The predicted octanol–water partition coefficient (Wildman–Crippen LogP) is 2.17. The van der Waals surface area contributed by atoms with Gasteiger partial charge in [0.2, 0.25) is 15.9 Å². The first kappa shape index (κ1) is 15.5. The molecule has 0 heterocycles. The van der Waals surface area contributed by atoms with Crippen molar-refractivity contribution in [3.8, 4) is 0 Å². The summed E-state index contributed by atoms with van der Waals surface area (Å²) in [5.74, 6) is -0.274. The number of hydrogen-bond donors (Lipinski definition) is 2. The van der Waals surface area contributed by atoms with E-state index in [1.807, 2.05) is 0 Å². The van der Waals surface area contributed by atoms with Crippen molar-refractivity contribution in [3.05, 3.63) is 59.1 Å². The number of nitrogens with two attached hydrogens (primary N) is 1. The molecule has 7 heteroatoms. The van der Waals surface area contributed by atoms with Gasteiger partial charge in [0.25, 0.3) is 0 Å². The summed E-state index contributed by atoms with van der Waals surface area (Å²) in [6.07, 6.45) is 0.139. The van der Waals surface area contributed by atoms with Gasteiger partial charge in [-0.15, -0.1) is 0 Å². The number of carbonyl (C=O) groups is 1. The van der Waals surface area contributed by atoms with Crippen LogP contribution in [0.15, 0.2) is 53.4 Å². The van der Waals surface area contributed by atoms with Crippen LogP contribution in [-0.2, 0) is 21.2 Å². The quantitative estimate of drug-likeness (QED) is 0.903. The van der Waals surface area contributed by atoms with Crippen molar-refractivity contribution in [2.24, 2.45) is 5.14 Å². The number of hydrogen-bond acceptors (Lipinski definition) is 3. The summed E-state index contributed by atoms with van der Waals surface area (Å²) >= 11 is 5.85. The third-order valence-electron chi connectivity index (χ3n) is 2.70. The van der Waals surface area contributed by atoms with E-state index in [1.54, 1.807) is 30.3 Å². The molecule has 110 valence electrons. The zero-order valence-electron chi connectivity index (χ0n) is 10.9. The highest BCUT2D eigenvalue weighted by Crippen LogP contribution is 2.15. The molecule has 2 aromatic carbocycles. The molecule has 0 aliphatic rings. The molecule has 5 nitrogen and oxygen atoms in total. The Morgan fingerprint density at radius 2 is 1.86 bits per heavy atom. The van der Waals surface area contributed by atoms with Crippen LogP contribution in [0.2, 0.25) is 5.02 Å². The Morgan fingerprint density at radius 3 is 2.52 bits per heavy atom. The second-order valence-corrected chi connectivity index (χ2v) is 6.43. The lowest BCUT2D eigenvalue weighted by molar-refractivity contribution is -0.115. The first-order valence-corrected chi connectivity index (χ1v) is 7.94. The fourth-order valence-electron chi connectivity index (χ4n) is 1.79. The van der Waals surface area contributed by atoms with Crippen LogP contribution in [-0.4, -0.2) is 14.3 Å². The molecule has 2 rings (SSSR count). The molecule has 2 aromatic rings. The molecule has 0 saturated carbocycles. The summed E-state index contributed by atoms with van der Waals surface area (Å²) < 4.78 is 22.5. The molecule has 21 heavy (non-hydrogen) atoms. The minimum atomic E-state index is -3.79. The Balaban J connectivity index is 2.10. The SMILES string of the molecule is NS(=O)(=O)c1cccc(NC(=O)Cc2cccc(Cl)c2)c1. The molecule has 3 N–H and O–H groups in total. The zero-order valence-corrected chi connectivity index (χ0v) is 12.5. The van der Waals surface area contributed by atoms with Gasteiger partial charge in [-0.25, -0.2) is 13.6 Å². The van der Waals surface area contributed by atoms with E-state index in [0.29, 0.717) is 10.7 Å². The van der Waals surface area contributed by atoms with Gasteiger partial charge >= 0.3 is 0 Å². The first-order valence-electron chi connectivity index (χ1n) is 6.02. The second-order valence-electron chi connectivity index (χ2n) is 4.43. The van der Waals surface area contributed by atoms with Gasteiger partial charge in [0.1, 0.15) is 0 Å². The Bertz CT molecular complexity index is 775. The predicted molar refractivity (Wildman–Crippen MR) is 81.6 cm³/mol. The maximum Gasteiger partial charge on any atom is 0.238 e. The second kappa shape index (κ2) is 6.26. The molecular formula is C14H13ClN2O3S. The summed E-state index contributed by atoms with van der Waals surface area (Å²) in [6.45, 7) is 0. The molecule has 0 atom stereocenters. The minimum Gasteiger partial charge on any atom is -0.326 e. The Labute approximate surface area is 127 Å². The molecule has 0 saturated heterocycles. The van der Waals surface area contributed by atoms with Gasteiger partial charge in [0.05, 0.1) is 11.3 Å². The van der Waals surface area contributed by atoms with Gasteiger partial charge in [-0.05, 0) is 35.9 Å². The van der Waals surface area contributed by atoms with Crippen LogP contribution in [0.3, 0.4) is 0 Å². The van der Waals surface area contributed by atoms with Crippen molar-refractivity contribution >= 4 is 33.2 Å².